The number of urea groups is 1. The maximum atomic E-state index is 12.1. The lowest BCUT2D eigenvalue weighted by molar-refractivity contribution is 0.0266. The second-order valence-electron chi connectivity index (χ2n) is 7.49. The molecule has 0 saturated carbocycles. The first-order valence-electron chi connectivity index (χ1n) is 9.62. The van der Waals surface area contributed by atoms with Gasteiger partial charge in [0.15, 0.2) is 0 Å². The lowest BCUT2D eigenvalue weighted by atomic mass is 9.95. The molecule has 27 heavy (non-hydrogen) atoms. The highest BCUT2D eigenvalue weighted by Gasteiger charge is 2.31. The number of carbonyl (C=O) groups excluding carboxylic acids is 1. The molecule has 3 rings (SSSR count). The van der Waals surface area contributed by atoms with Gasteiger partial charge in [-0.2, -0.15) is 0 Å². The van der Waals surface area contributed by atoms with Gasteiger partial charge in [-0.1, -0.05) is 0 Å². The third-order valence-corrected chi connectivity index (χ3v) is 5.42. The average molecular weight is 379 g/mol. The number of likely N-dealkylation sites (tertiary alicyclic amines) is 2. The van der Waals surface area contributed by atoms with E-state index in [0.29, 0.717) is 31.7 Å². The van der Waals surface area contributed by atoms with Crippen LogP contribution in [0.25, 0.3) is 0 Å². The highest BCUT2D eigenvalue weighted by molar-refractivity contribution is 5.74. The first-order valence-corrected chi connectivity index (χ1v) is 9.62. The molecule has 2 fully saturated rings. The fraction of sp³-hybridized carbons (Fsp3) is 0.684. The summed E-state index contributed by atoms with van der Waals surface area (Å²) in [5.41, 5.74) is -1.10. The van der Waals surface area contributed by atoms with Crippen LogP contribution in [0.3, 0.4) is 0 Å². The van der Waals surface area contributed by atoms with E-state index in [1.165, 1.54) is 19.4 Å². The van der Waals surface area contributed by atoms with Crippen molar-refractivity contribution in [3.8, 4) is 5.75 Å². The van der Waals surface area contributed by atoms with Crippen LogP contribution >= 0.6 is 0 Å². The Labute approximate surface area is 159 Å². The van der Waals surface area contributed by atoms with E-state index in [1.807, 2.05) is 0 Å². The van der Waals surface area contributed by atoms with Gasteiger partial charge in [0.05, 0.1) is 19.3 Å². The van der Waals surface area contributed by atoms with Gasteiger partial charge >= 0.3 is 6.03 Å². The zero-order chi connectivity index (χ0) is 19.3. The Bertz CT molecular complexity index is 701. The molecule has 150 valence electrons. The van der Waals surface area contributed by atoms with Gasteiger partial charge in [0.25, 0.3) is 0 Å². The number of aliphatic hydroxyl groups is 1. The summed E-state index contributed by atoms with van der Waals surface area (Å²) in [4.78, 5) is 28.0. The smallest absolute Gasteiger partial charge is 0.317 e. The van der Waals surface area contributed by atoms with Crippen molar-refractivity contribution in [3.05, 3.63) is 28.3 Å². The minimum Gasteiger partial charge on any atom is -0.490 e. The predicted molar refractivity (Wildman–Crippen MR) is 99.8 cm³/mol. The predicted octanol–water partition coefficient (Wildman–Crippen LogP) is 1.17. The Balaban J connectivity index is 1.51. The molecule has 0 spiro atoms. The molecular weight excluding hydrogens is 350 g/mol. The van der Waals surface area contributed by atoms with Gasteiger partial charge in [-0.05, 0) is 38.6 Å². The van der Waals surface area contributed by atoms with E-state index in [4.69, 9.17) is 9.15 Å². The Morgan fingerprint density at radius 3 is 2.74 bits per heavy atom. The number of rotatable bonds is 5. The molecule has 0 aromatic carbocycles. The monoisotopic (exact) mass is 379 g/mol. The van der Waals surface area contributed by atoms with Gasteiger partial charge in [0, 0.05) is 32.2 Å². The van der Waals surface area contributed by atoms with Gasteiger partial charge in [0.1, 0.15) is 12.0 Å². The van der Waals surface area contributed by atoms with Crippen LogP contribution < -0.4 is 15.5 Å². The molecule has 8 heteroatoms. The minimum atomic E-state index is -0.898. The lowest BCUT2D eigenvalue weighted by Crippen LogP contribution is -2.47. The molecule has 2 saturated heterocycles. The van der Waals surface area contributed by atoms with E-state index in [2.05, 4.69) is 10.2 Å². The molecule has 2 N–H and O–H groups in total. The van der Waals surface area contributed by atoms with Crippen molar-refractivity contribution in [1.82, 2.24) is 15.1 Å². The van der Waals surface area contributed by atoms with Crippen LogP contribution in [0.15, 0.2) is 21.5 Å². The summed E-state index contributed by atoms with van der Waals surface area (Å²) in [6.07, 6.45) is 5.45. The number of hydrogen-bond acceptors (Lipinski definition) is 6. The second-order valence-corrected chi connectivity index (χ2v) is 7.49. The van der Waals surface area contributed by atoms with E-state index in [1.54, 1.807) is 4.90 Å². The van der Waals surface area contributed by atoms with Gasteiger partial charge in [-0.25, -0.2) is 4.79 Å². The summed E-state index contributed by atoms with van der Waals surface area (Å²) in [5.74, 6) is 0.770. The van der Waals surface area contributed by atoms with Crippen LogP contribution in [0.2, 0.25) is 0 Å². The van der Waals surface area contributed by atoms with Crippen LogP contribution in [0, 0.1) is 0 Å². The molecular formula is C19H29N3O5. The molecule has 1 aromatic rings. The highest BCUT2D eigenvalue weighted by atomic mass is 16.5. The van der Waals surface area contributed by atoms with Crippen molar-refractivity contribution in [1.29, 1.82) is 0 Å². The summed E-state index contributed by atoms with van der Waals surface area (Å²) in [6, 6.07) is 1.37. The van der Waals surface area contributed by atoms with Gasteiger partial charge in [0.2, 0.25) is 11.2 Å². The van der Waals surface area contributed by atoms with E-state index in [0.717, 1.165) is 38.9 Å². The topological polar surface area (TPSA) is 95.2 Å². The summed E-state index contributed by atoms with van der Waals surface area (Å²) in [7, 11) is 1.43. The number of methoxy groups -OCH3 is 1. The molecule has 0 radical (unpaired) electrons. The number of ether oxygens (including phenoxy) is 1. The Morgan fingerprint density at radius 2 is 2.04 bits per heavy atom. The second kappa shape index (κ2) is 8.75. The molecule has 2 aliphatic rings. The minimum absolute atomic E-state index is 0.0814. The SMILES string of the molecule is COc1coc(CN2CCCC(O)(CNC(=O)N3CCCC3)CC2)cc1=O. The van der Waals surface area contributed by atoms with Crippen molar-refractivity contribution >= 4 is 6.03 Å². The standard InChI is InChI=1S/C19H29N3O5/c1-26-17-13-27-15(11-16(17)23)12-21-7-4-5-19(25,6-10-21)14-20-18(24)22-8-2-3-9-22/h11,13,25H,2-10,12,14H2,1H3,(H,20,24). The number of carbonyl (C=O) groups is 1. The molecule has 0 bridgehead atoms. The van der Waals surface area contributed by atoms with Gasteiger partial charge in [-0.3, -0.25) is 9.69 Å². The highest BCUT2D eigenvalue weighted by Crippen LogP contribution is 2.23. The first kappa shape index (κ1) is 19.7. The molecule has 2 aliphatic heterocycles. The van der Waals surface area contributed by atoms with E-state index < -0.39 is 5.60 Å². The summed E-state index contributed by atoms with van der Waals surface area (Å²) < 4.78 is 10.4. The molecule has 8 nitrogen and oxygen atoms in total. The Hall–Kier alpha value is -2.06. The van der Waals surface area contributed by atoms with Crippen molar-refractivity contribution < 1.29 is 19.1 Å². The van der Waals surface area contributed by atoms with Crippen LogP contribution in [0.1, 0.15) is 37.9 Å². The molecule has 1 unspecified atom stereocenters. The fourth-order valence-corrected chi connectivity index (χ4v) is 3.73. The van der Waals surface area contributed by atoms with Crippen molar-refractivity contribution in [3.63, 3.8) is 0 Å². The third kappa shape index (κ3) is 5.23. The van der Waals surface area contributed by atoms with Crippen molar-refractivity contribution in [2.75, 3.05) is 39.8 Å². The van der Waals surface area contributed by atoms with E-state index in [-0.39, 0.29) is 23.8 Å². The fourth-order valence-electron chi connectivity index (χ4n) is 3.73. The Kier molecular flexibility index (Phi) is 6.38. The quantitative estimate of drug-likeness (QED) is 0.797. The number of hydrogen-bond donors (Lipinski definition) is 2. The Morgan fingerprint density at radius 1 is 1.26 bits per heavy atom. The zero-order valence-electron chi connectivity index (χ0n) is 15.9. The summed E-state index contributed by atoms with van der Waals surface area (Å²) in [6.45, 7) is 3.85. The van der Waals surface area contributed by atoms with Crippen molar-refractivity contribution in [2.45, 2.75) is 44.2 Å². The zero-order valence-corrected chi connectivity index (χ0v) is 15.9. The van der Waals surface area contributed by atoms with Crippen molar-refractivity contribution in [2.24, 2.45) is 0 Å². The summed E-state index contributed by atoms with van der Waals surface area (Å²) >= 11 is 0. The number of amides is 2. The first-order chi connectivity index (χ1) is 13.0. The van der Waals surface area contributed by atoms with Gasteiger partial charge in [-0.15, -0.1) is 0 Å². The molecule has 2 amide bonds. The normalized spacial score (nSPS) is 23.9. The molecule has 1 atom stereocenters. The lowest BCUT2D eigenvalue weighted by Gasteiger charge is -2.28. The number of nitrogens with zero attached hydrogens (tertiary/aromatic N) is 2. The molecule has 3 heterocycles. The average Bonchev–Trinajstić information content (AvgIpc) is 3.13. The van der Waals surface area contributed by atoms with Gasteiger partial charge < -0.3 is 24.5 Å². The van der Waals surface area contributed by atoms with Crippen LogP contribution in [-0.2, 0) is 6.54 Å². The largest absolute Gasteiger partial charge is 0.490 e. The van der Waals surface area contributed by atoms with Crippen LogP contribution in [-0.4, -0.2) is 66.4 Å². The van der Waals surface area contributed by atoms with E-state index in [9.17, 15) is 14.7 Å². The van der Waals surface area contributed by atoms with Crippen LogP contribution in [0.4, 0.5) is 4.79 Å². The third-order valence-electron chi connectivity index (χ3n) is 5.42. The molecule has 0 aliphatic carbocycles. The maximum absolute atomic E-state index is 12.1. The van der Waals surface area contributed by atoms with E-state index >= 15 is 0 Å². The maximum Gasteiger partial charge on any atom is 0.317 e. The van der Waals surface area contributed by atoms with Crippen LogP contribution in [0.5, 0.6) is 5.75 Å². The molecule has 1 aromatic heterocycles. The summed E-state index contributed by atoms with van der Waals surface area (Å²) in [5, 5.41) is 13.8. The number of nitrogens with one attached hydrogen (secondary N) is 1.